The third-order valence-electron chi connectivity index (χ3n) is 2.48. The second-order valence-electron chi connectivity index (χ2n) is 3.72. The van der Waals surface area contributed by atoms with Crippen LogP contribution in [0.4, 0.5) is 5.69 Å². The molecule has 0 radical (unpaired) electrons. The number of aryl methyl sites for hydroxylation is 1. The van der Waals surface area contributed by atoms with Crippen molar-refractivity contribution in [1.29, 1.82) is 0 Å². The molecule has 0 bridgehead atoms. The van der Waals surface area contributed by atoms with Crippen LogP contribution in [-0.4, -0.2) is 12.5 Å². The third kappa shape index (κ3) is 1.51. The molecule has 2 rings (SSSR count). The summed E-state index contributed by atoms with van der Waals surface area (Å²) in [6.07, 6.45) is 1.33. The van der Waals surface area contributed by atoms with E-state index in [1.165, 1.54) is 5.56 Å². The van der Waals surface area contributed by atoms with Crippen molar-refractivity contribution in [3.8, 4) is 0 Å². The Bertz CT molecular complexity index is 385. The van der Waals surface area contributed by atoms with E-state index in [0.29, 0.717) is 13.0 Å². The van der Waals surface area contributed by atoms with Crippen molar-refractivity contribution in [2.45, 2.75) is 19.8 Å². The Labute approximate surface area is 83.3 Å². The maximum Gasteiger partial charge on any atom is 0.228 e. The molecule has 0 saturated heterocycles. The lowest BCUT2D eigenvalue weighted by Crippen LogP contribution is -2.08. The molecule has 1 aliphatic rings. The predicted octanol–water partition coefficient (Wildman–Crippen LogP) is 0.991. The fourth-order valence-electron chi connectivity index (χ4n) is 1.95. The number of hydrogen-bond acceptors (Lipinski definition) is 2. The SMILES string of the molecule is Cc1cc(CCN)c2c(c1)CC(=O)N2. The Balaban J connectivity index is 2.46. The number of benzene rings is 1. The average Bonchev–Trinajstić information content (AvgIpc) is 2.45. The van der Waals surface area contributed by atoms with Gasteiger partial charge in [0.1, 0.15) is 0 Å². The van der Waals surface area contributed by atoms with Gasteiger partial charge in [-0.3, -0.25) is 4.79 Å². The first-order chi connectivity index (χ1) is 6.70. The Hall–Kier alpha value is -1.35. The van der Waals surface area contributed by atoms with E-state index in [1.807, 2.05) is 6.92 Å². The van der Waals surface area contributed by atoms with Crippen LogP contribution in [0.25, 0.3) is 0 Å². The summed E-state index contributed by atoms with van der Waals surface area (Å²) in [4.78, 5) is 11.2. The summed E-state index contributed by atoms with van der Waals surface area (Å²) in [5.74, 6) is 0.0869. The van der Waals surface area contributed by atoms with Gasteiger partial charge in [-0.2, -0.15) is 0 Å². The first-order valence-corrected chi connectivity index (χ1v) is 4.83. The zero-order chi connectivity index (χ0) is 10.1. The molecule has 3 nitrogen and oxygen atoms in total. The van der Waals surface area contributed by atoms with E-state index in [-0.39, 0.29) is 5.91 Å². The van der Waals surface area contributed by atoms with Gasteiger partial charge in [0.05, 0.1) is 6.42 Å². The van der Waals surface area contributed by atoms with Gasteiger partial charge in [-0.05, 0) is 31.0 Å². The van der Waals surface area contributed by atoms with Crippen molar-refractivity contribution in [2.24, 2.45) is 5.73 Å². The van der Waals surface area contributed by atoms with Gasteiger partial charge in [0.25, 0.3) is 0 Å². The van der Waals surface area contributed by atoms with E-state index in [4.69, 9.17) is 5.73 Å². The largest absolute Gasteiger partial charge is 0.330 e. The van der Waals surface area contributed by atoms with Crippen LogP contribution in [0.15, 0.2) is 12.1 Å². The normalized spacial score (nSPS) is 14.0. The van der Waals surface area contributed by atoms with Crippen molar-refractivity contribution in [1.82, 2.24) is 0 Å². The molecule has 74 valence electrons. The highest BCUT2D eigenvalue weighted by Gasteiger charge is 2.20. The first kappa shape index (κ1) is 9.21. The van der Waals surface area contributed by atoms with E-state index in [0.717, 1.165) is 23.2 Å². The molecule has 0 unspecified atom stereocenters. The molecule has 3 N–H and O–H groups in total. The quantitative estimate of drug-likeness (QED) is 0.730. The van der Waals surface area contributed by atoms with Crippen molar-refractivity contribution < 1.29 is 4.79 Å². The third-order valence-corrected chi connectivity index (χ3v) is 2.48. The number of carbonyl (C=O) groups excluding carboxylic acids is 1. The van der Waals surface area contributed by atoms with Crippen molar-refractivity contribution in [3.63, 3.8) is 0 Å². The van der Waals surface area contributed by atoms with Gasteiger partial charge in [-0.1, -0.05) is 17.7 Å². The van der Waals surface area contributed by atoms with Crippen LogP contribution >= 0.6 is 0 Å². The van der Waals surface area contributed by atoms with E-state index >= 15 is 0 Å². The van der Waals surface area contributed by atoms with Gasteiger partial charge < -0.3 is 11.1 Å². The van der Waals surface area contributed by atoms with Gasteiger partial charge in [0, 0.05) is 5.69 Å². The Morgan fingerprint density at radius 1 is 1.50 bits per heavy atom. The van der Waals surface area contributed by atoms with Crippen LogP contribution in [0, 0.1) is 6.92 Å². The highest BCUT2D eigenvalue weighted by atomic mass is 16.1. The van der Waals surface area contributed by atoms with Crippen LogP contribution in [0.2, 0.25) is 0 Å². The van der Waals surface area contributed by atoms with Gasteiger partial charge in [0.15, 0.2) is 0 Å². The highest BCUT2D eigenvalue weighted by molar-refractivity contribution is 6.00. The fourth-order valence-corrected chi connectivity index (χ4v) is 1.95. The molecule has 0 spiro atoms. The molecular formula is C11H14N2O. The van der Waals surface area contributed by atoms with Gasteiger partial charge >= 0.3 is 0 Å². The summed E-state index contributed by atoms with van der Waals surface area (Å²) in [7, 11) is 0. The number of amides is 1. The molecule has 0 fully saturated rings. The number of nitrogens with one attached hydrogen (secondary N) is 1. The van der Waals surface area contributed by atoms with E-state index < -0.39 is 0 Å². The monoisotopic (exact) mass is 190 g/mol. The zero-order valence-corrected chi connectivity index (χ0v) is 8.26. The maximum atomic E-state index is 11.2. The van der Waals surface area contributed by atoms with E-state index in [9.17, 15) is 4.79 Å². The van der Waals surface area contributed by atoms with Crippen LogP contribution in [0.1, 0.15) is 16.7 Å². The highest BCUT2D eigenvalue weighted by Crippen LogP contribution is 2.28. The van der Waals surface area contributed by atoms with Crippen LogP contribution in [0.5, 0.6) is 0 Å². The lowest BCUT2D eigenvalue weighted by atomic mass is 10.0. The van der Waals surface area contributed by atoms with Crippen molar-refractivity contribution in [2.75, 3.05) is 11.9 Å². The fraction of sp³-hybridized carbons (Fsp3) is 0.364. The first-order valence-electron chi connectivity index (χ1n) is 4.83. The summed E-state index contributed by atoms with van der Waals surface area (Å²) in [5, 5.41) is 2.88. The van der Waals surface area contributed by atoms with Gasteiger partial charge in [-0.25, -0.2) is 0 Å². The minimum absolute atomic E-state index is 0.0869. The lowest BCUT2D eigenvalue weighted by molar-refractivity contribution is -0.115. The Morgan fingerprint density at radius 2 is 2.29 bits per heavy atom. The molecule has 1 aromatic rings. The van der Waals surface area contributed by atoms with Gasteiger partial charge in [-0.15, -0.1) is 0 Å². The van der Waals surface area contributed by atoms with Crippen molar-refractivity contribution in [3.05, 3.63) is 28.8 Å². The summed E-state index contributed by atoms with van der Waals surface area (Å²) in [6, 6.07) is 4.16. The topological polar surface area (TPSA) is 55.1 Å². The number of rotatable bonds is 2. The van der Waals surface area contributed by atoms with Crippen molar-refractivity contribution >= 4 is 11.6 Å². The molecule has 0 atom stereocenters. The molecular weight excluding hydrogens is 176 g/mol. The molecule has 0 aromatic heterocycles. The number of carbonyl (C=O) groups is 1. The summed E-state index contributed by atoms with van der Waals surface area (Å²) < 4.78 is 0. The van der Waals surface area contributed by atoms with E-state index in [2.05, 4.69) is 17.4 Å². The maximum absolute atomic E-state index is 11.2. The molecule has 14 heavy (non-hydrogen) atoms. The molecule has 0 saturated carbocycles. The standard InChI is InChI=1S/C11H14N2O/c1-7-4-8(2-3-12)11-9(5-7)6-10(14)13-11/h4-5H,2-3,6,12H2,1H3,(H,13,14). The molecule has 1 aliphatic heterocycles. The lowest BCUT2D eigenvalue weighted by Gasteiger charge is -2.08. The Kier molecular flexibility index (Phi) is 2.25. The molecule has 0 aliphatic carbocycles. The summed E-state index contributed by atoms with van der Waals surface area (Å²) in [6.45, 7) is 2.66. The minimum Gasteiger partial charge on any atom is -0.330 e. The molecule has 1 heterocycles. The molecule has 1 amide bonds. The van der Waals surface area contributed by atoms with E-state index in [1.54, 1.807) is 0 Å². The second-order valence-corrected chi connectivity index (χ2v) is 3.72. The predicted molar refractivity (Wildman–Crippen MR) is 56.3 cm³/mol. The molecule has 3 heteroatoms. The number of hydrogen-bond donors (Lipinski definition) is 2. The number of anilines is 1. The smallest absolute Gasteiger partial charge is 0.228 e. The number of fused-ring (bicyclic) bond motifs is 1. The van der Waals surface area contributed by atoms with Gasteiger partial charge in [0.2, 0.25) is 5.91 Å². The summed E-state index contributed by atoms with van der Waals surface area (Å²) >= 11 is 0. The second kappa shape index (κ2) is 3.42. The van der Waals surface area contributed by atoms with Crippen LogP contribution < -0.4 is 11.1 Å². The van der Waals surface area contributed by atoms with Crippen LogP contribution in [-0.2, 0) is 17.6 Å². The molecule has 1 aromatic carbocycles. The van der Waals surface area contributed by atoms with Crippen LogP contribution in [0.3, 0.4) is 0 Å². The summed E-state index contributed by atoms with van der Waals surface area (Å²) in [5.41, 5.74) is 9.99. The zero-order valence-electron chi connectivity index (χ0n) is 8.26. The Morgan fingerprint density at radius 3 is 3.00 bits per heavy atom. The minimum atomic E-state index is 0.0869. The average molecular weight is 190 g/mol. The number of nitrogens with two attached hydrogens (primary N) is 1.